The number of nitrogens with one attached hydrogen (secondary N) is 2. The van der Waals surface area contributed by atoms with Crippen LogP contribution in [-0.2, 0) is 16.1 Å². The summed E-state index contributed by atoms with van der Waals surface area (Å²) in [5.41, 5.74) is 2.28. The van der Waals surface area contributed by atoms with Crippen molar-refractivity contribution in [1.29, 1.82) is 0 Å². The van der Waals surface area contributed by atoms with Crippen molar-refractivity contribution in [1.82, 2.24) is 15.5 Å². The van der Waals surface area contributed by atoms with Crippen molar-refractivity contribution in [3.8, 4) is 0 Å². The second-order valence-corrected chi connectivity index (χ2v) is 7.65. The number of urea groups is 1. The maximum absolute atomic E-state index is 12.0. The average Bonchev–Trinajstić information content (AvgIpc) is 3.05. The third kappa shape index (κ3) is 5.24. The van der Waals surface area contributed by atoms with Crippen LogP contribution in [0.2, 0.25) is 0 Å². The quantitative estimate of drug-likeness (QED) is 0.672. The van der Waals surface area contributed by atoms with Gasteiger partial charge in [-0.1, -0.05) is 31.4 Å². The monoisotopic (exact) mass is 386 g/mol. The third-order valence-electron chi connectivity index (χ3n) is 5.68. The topological polar surface area (TPSA) is 81.8 Å². The maximum Gasteiger partial charge on any atom is 0.324 e. The Morgan fingerprint density at radius 3 is 2.54 bits per heavy atom. The van der Waals surface area contributed by atoms with Gasteiger partial charge in [0.25, 0.3) is 0 Å². The Hall–Kier alpha value is -2.57. The summed E-state index contributed by atoms with van der Waals surface area (Å²) in [6, 6.07) is 8.61. The summed E-state index contributed by atoms with van der Waals surface area (Å²) < 4.78 is 0. The first-order chi connectivity index (χ1) is 13.5. The highest BCUT2D eigenvalue weighted by Gasteiger charge is 2.27. The van der Waals surface area contributed by atoms with Crippen LogP contribution in [0.5, 0.6) is 0 Å². The first kappa shape index (κ1) is 20.2. The first-order valence-corrected chi connectivity index (χ1v) is 10.2. The molecular weight excluding hydrogens is 356 g/mol. The molecule has 1 aromatic carbocycles. The van der Waals surface area contributed by atoms with Gasteiger partial charge in [-0.2, -0.15) is 0 Å². The molecule has 152 valence electrons. The Morgan fingerprint density at radius 2 is 1.89 bits per heavy atom. The molecule has 2 N–H and O–H groups in total. The fraction of sp³-hybridized carbons (Fsp3) is 0.571. The molecule has 0 unspecified atom stereocenters. The summed E-state index contributed by atoms with van der Waals surface area (Å²) in [5.74, 6) is -0.306. The number of anilines is 1. The number of carbonyl (C=O) groups excluding carboxylic acids is 3. The van der Waals surface area contributed by atoms with Crippen LogP contribution < -0.4 is 15.5 Å². The lowest BCUT2D eigenvalue weighted by atomic mass is 9.94. The molecule has 2 fully saturated rings. The van der Waals surface area contributed by atoms with Gasteiger partial charge in [0.2, 0.25) is 11.8 Å². The molecule has 0 spiro atoms. The lowest BCUT2D eigenvalue weighted by Gasteiger charge is -2.33. The van der Waals surface area contributed by atoms with Crippen molar-refractivity contribution in [3.63, 3.8) is 0 Å². The largest absolute Gasteiger partial charge is 0.372 e. The molecule has 2 aliphatic rings. The lowest BCUT2D eigenvalue weighted by Crippen LogP contribution is -2.33. The van der Waals surface area contributed by atoms with E-state index in [4.69, 9.17) is 0 Å². The molecule has 7 nitrogen and oxygen atoms in total. The molecule has 1 aliphatic heterocycles. The van der Waals surface area contributed by atoms with Gasteiger partial charge in [-0.3, -0.25) is 14.5 Å². The van der Waals surface area contributed by atoms with Crippen molar-refractivity contribution in [3.05, 3.63) is 29.8 Å². The average molecular weight is 386 g/mol. The van der Waals surface area contributed by atoms with Crippen LogP contribution in [0.25, 0.3) is 0 Å². The molecule has 4 amide bonds. The number of carbonyl (C=O) groups is 3. The van der Waals surface area contributed by atoms with E-state index in [2.05, 4.69) is 46.8 Å². The van der Waals surface area contributed by atoms with Crippen LogP contribution in [0.4, 0.5) is 10.5 Å². The predicted molar refractivity (Wildman–Crippen MR) is 108 cm³/mol. The minimum absolute atomic E-state index is 0.0525. The standard InChI is InChI=1S/C21H30N4O3/c1-24(17-6-3-2-4-7-17)18-11-9-16(10-12-18)14-22-19(26)8-5-13-25-20(27)15-23-21(25)28/h9-12,17H,2-8,13-15H2,1H3,(H,22,26)(H,23,28). The first-order valence-electron chi connectivity index (χ1n) is 10.2. The fourth-order valence-corrected chi connectivity index (χ4v) is 3.90. The number of nitrogens with zero attached hydrogens (tertiary/aromatic N) is 2. The van der Waals surface area contributed by atoms with E-state index in [0.717, 1.165) is 10.5 Å². The third-order valence-corrected chi connectivity index (χ3v) is 5.68. The SMILES string of the molecule is CN(c1ccc(CNC(=O)CCCN2C(=O)CNC2=O)cc1)C1CCCCC1. The van der Waals surface area contributed by atoms with Gasteiger partial charge in [-0.15, -0.1) is 0 Å². The van der Waals surface area contributed by atoms with E-state index in [-0.39, 0.29) is 30.9 Å². The van der Waals surface area contributed by atoms with Crippen molar-refractivity contribution in [2.75, 3.05) is 25.0 Å². The summed E-state index contributed by atoms with van der Waals surface area (Å²) >= 11 is 0. The van der Waals surface area contributed by atoms with E-state index < -0.39 is 0 Å². The summed E-state index contributed by atoms with van der Waals surface area (Å²) in [7, 11) is 2.16. The van der Waals surface area contributed by atoms with Crippen molar-refractivity contribution in [2.24, 2.45) is 0 Å². The van der Waals surface area contributed by atoms with E-state index in [1.807, 2.05) is 0 Å². The van der Waals surface area contributed by atoms with Gasteiger partial charge in [0, 0.05) is 38.3 Å². The van der Waals surface area contributed by atoms with E-state index in [1.54, 1.807) is 0 Å². The number of rotatable bonds is 8. The number of benzene rings is 1. The van der Waals surface area contributed by atoms with Gasteiger partial charge in [-0.25, -0.2) is 4.79 Å². The van der Waals surface area contributed by atoms with Gasteiger partial charge >= 0.3 is 6.03 Å². The van der Waals surface area contributed by atoms with Crippen LogP contribution in [0.15, 0.2) is 24.3 Å². The Bertz CT molecular complexity index is 682. The molecule has 1 saturated heterocycles. The highest BCUT2D eigenvalue weighted by molar-refractivity contribution is 6.01. The van der Waals surface area contributed by atoms with Crippen molar-refractivity contribution in [2.45, 2.75) is 57.5 Å². The van der Waals surface area contributed by atoms with E-state index in [9.17, 15) is 14.4 Å². The van der Waals surface area contributed by atoms with Gasteiger partial charge in [0.05, 0.1) is 6.54 Å². The lowest BCUT2D eigenvalue weighted by molar-refractivity contribution is -0.126. The molecule has 0 aromatic heterocycles. The summed E-state index contributed by atoms with van der Waals surface area (Å²) in [4.78, 5) is 38.5. The van der Waals surface area contributed by atoms with Gasteiger partial charge in [0.15, 0.2) is 0 Å². The minimum atomic E-state index is -0.372. The number of amides is 4. The van der Waals surface area contributed by atoms with E-state index in [1.165, 1.54) is 37.8 Å². The maximum atomic E-state index is 12.0. The van der Waals surface area contributed by atoms with E-state index >= 15 is 0 Å². The second-order valence-electron chi connectivity index (χ2n) is 7.65. The van der Waals surface area contributed by atoms with Crippen LogP contribution >= 0.6 is 0 Å². The van der Waals surface area contributed by atoms with E-state index in [0.29, 0.717) is 25.4 Å². The Morgan fingerprint density at radius 1 is 1.18 bits per heavy atom. The van der Waals surface area contributed by atoms with Gasteiger partial charge in [0.1, 0.15) is 0 Å². The highest BCUT2D eigenvalue weighted by Crippen LogP contribution is 2.26. The molecule has 0 radical (unpaired) electrons. The summed E-state index contributed by atoms with van der Waals surface area (Å²) in [5, 5.41) is 5.37. The molecule has 3 rings (SSSR count). The van der Waals surface area contributed by atoms with Crippen molar-refractivity contribution < 1.29 is 14.4 Å². The minimum Gasteiger partial charge on any atom is -0.372 e. The molecule has 0 bridgehead atoms. The number of imide groups is 1. The Labute approximate surface area is 166 Å². The molecule has 0 atom stereocenters. The normalized spacial score (nSPS) is 17.5. The van der Waals surface area contributed by atoms with Crippen molar-refractivity contribution >= 4 is 23.5 Å². The summed E-state index contributed by atoms with van der Waals surface area (Å²) in [6.07, 6.45) is 7.27. The molecule has 28 heavy (non-hydrogen) atoms. The molecule has 1 aromatic rings. The van der Waals surface area contributed by atoms with Crippen LogP contribution in [0.1, 0.15) is 50.5 Å². The van der Waals surface area contributed by atoms with Crippen LogP contribution in [0.3, 0.4) is 0 Å². The zero-order chi connectivity index (χ0) is 19.9. The Kier molecular flexibility index (Phi) is 6.90. The van der Waals surface area contributed by atoms with Crippen LogP contribution in [0, 0.1) is 0 Å². The molecule has 1 heterocycles. The number of hydrogen-bond donors (Lipinski definition) is 2. The zero-order valence-corrected chi connectivity index (χ0v) is 16.6. The molecule has 7 heteroatoms. The van der Waals surface area contributed by atoms with Gasteiger partial charge < -0.3 is 15.5 Å². The second kappa shape index (κ2) is 9.57. The molecular formula is C21H30N4O3. The fourth-order valence-electron chi connectivity index (χ4n) is 3.90. The summed E-state index contributed by atoms with van der Waals surface area (Å²) in [6.45, 7) is 0.812. The molecule has 1 saturated carbocycles. The zero-order valence-electron chi connectivity index (χ0n) is 16.6. The van der Waals surface area contributed by atoms with Gasteiger partial charge in [-0.05, 0) is 37.0 Å². The predicted octanol–water partition coefficient (Wildman–Crippen LogP) is 2.40. The molecule has 1 aliphatic carbocycles. The number of hydrogen-bond acceptors (Lipinski definition) is 4. The smallest absolute Gasteiger partial charge is 0.324 e. The highest BCUT2D eigenvalue weighted by atomic mass is 16.2. The van der Waals surface area contributed by atoms with Crippen LogP contribution in [-0.4, -0.2) is 48.9 Å². The Balaban J connectivity index is 1.38.